The molecule has 0 bridgehead atoms. The predicted molar refractivity (Wildman–Crippen MR) is 225 cm³/mol. The van der Waals surface area contributed by atoms with Gasteiger partial charge in [0.25, 0.3) is 0 Å². The summed E-state index contributed by atoms with van der Waals surface area (Å²) in [6, 6.07) is 22.4. The van der Waals surface area contributed by atoms with Crippen LogP contribution in [0.15, 0.2) is 79.0 Å². The average Bonchev–Trinajstić information content (AvgIpc) is 3.19. The second-order valence-corrected chi connectivity index (χ2v) is 15.1. The van der Waals surface area contributed by atoms with Crippen molar-refractivity contribution < 1.29 is 43.2 Å². The minimum absolute atomic E-state index is 0.227. The number of anilines is 1. The molecule has 0 aliphatic carbocycles. The number of benzene rings is 3. The molecular weight excluding hydrogens is 741 g/mol. The Labute approximate surface area is 342 Å². The summed E-state index contributed by atoms with van der Waals surface area (Å²) in [7, 11) is 0. The molecule has 0 saturated carbocycles. The third-order valence-corrected chi connectivity index (χ3v) is 9.07. The third kappa shape index (κ3) is 17.2. The summed E-state index contributed by atoms with van der Waals surface area (Å²) in [4.78, 5) is 41.1. The van der Waals surface area contributed by atoms with Crippen LogP contribution in [0.4, 0.5) is 5.82 Å². The molecule has 0 fully saturated rings. The number of hydrogen-bond donors (Lipinski definition) is 4. The van der Waals surface area contributed by atoms with E-state index in [1.807, 2.05) is 79.7 Å². The lowest BCUT2D eigenvalue weighted by Crippen LogP contribution is -2.39. The topological polar surface area (TPSA) is 167 Å². The fourth-order valence-corrected chi connectivity index (χ4v) is 5.94. The number of nitrogens with zero attached hydrogens (tertiary/aromatic N) is 1. The first-order valence-electron chi connectivity index (χ1n) is 20.0. The molecule has 0 aliphatic rings. The summed E-state index contributed by atoms with van der Waals surface area (Å²) in [6.07, 6.45) is 3.21. The molecule has 4 N–H and O–H groups in total. The Bertz CT molecular complexity index is 1860. The Morgan fingerprint density at radius 3 is 2.05 bits per heavy atom. The van der Waals surface area contributed by atoms with Gasteiger partial charge < -0.3 is 44.7 Å². The van der Waals surface area contributed by atoms with Crippen molar-refractivity contribution >= 4 is 34.4 Å². The lowest BCUT2D eigenvalue weighted by atomic mass is 9.93. The van der Waals surface area contributed by atoms with E-state index in [-0.39, 0.29) is 30.7 Å². The second kappa shape index (κ2) is 24.6. The zero-order valence-corrected chi connectivity index (χ0v) is 34.3. The molecule has 0 saturated heterocycles. The van der Waals surface area contributed by atoms with E-state index in [0.29, 0.717) is 71.4 Å². The van der Waals surface area contributed by atoms with Crippen LogP contribution in [0.2, 0.25) is 0 Å². The number of carbonyl (C=O) groups is 3. The zero-order valence-electron chi connectivity index (χ0n) is 34.3. The summed E-state index contributed by atoms with van der Waals surface area (Å²) in [5, 5.41) is 20.1. The number of fused-ring (bicyclic) bond motifs is 1. The number of pyridine rings is 1. The zero-order chi connectivity index (χ0) is 41.6. The van der Waals surface area contributed by atoms with E-state index in [1.54, 1.807) is 6.20 Å². The minimum Gasteiger partial charge on any atom is -0.491 e. The monoisotopic (exact) mass is 800 g/mol. The van der Waals surface area contributed by atoms with Gasteiger partial charge in [0, 0.05) is 31.2 Å². The lowest BCUT2D eigenvalue weighted by Gasteiger charge is -2.18. The van der Waals surface area contributed by atoms with Crippen LogP contribution in [-0.4, -0.2) is 100 Å². The van der Waals surface area contributed by atoms with Gasteiger partial charge in [-0.1, -0.05) is 75.4 Å². The molecule has 4 aromatic rings. The van der Waals surface area contributed by atoms with Crippen LogP contribution >= 0.6 is 0 Å². The molecule has 4 rings (SSSR count). The molecule has 0 unspecified atom stereocenters. The van der Waals surface area contributed by atoms with Gasteiger partial charge in [-0.15, -0.1) is 0 Å². The van der Waals surface area contributed by atoms with Crippen LogP contribution in [-0.2, 0) is 33.3 Å². The molecule has 13 nitrogen and oxygen atoms in total. The van der Waals surface area contributed by atoms with Crippen LogP contribution < -0.4 is 20.7 Å². The van der Waals surface area contributed by atoms with Crippen molar-refractivity contribution in [2.24, 2.45) is 5.41 Å². The van der Waals surface area contributed by atoms with E-state index in [0.717, 1.165) is 52.1 Å². The third-order valence-electron chi connectivity index (χ3n) is 9.07. The van der Waals surface area contributed by atoms with E-state index < -0.39 is 17.9 Å². The van der Waals surface area contributed by atoms with Gasteiger partial charge in [-0.25, -0.2) is 4.98 Å². The van der Waals surface area contributed by atoms with Gasteiger partial charge in [0.2, 0.25) is 11.8 Å². The van der Waals surface area contributed by atoms with E-state index in [4.69, 9.17) is 23.7 Å². The maximum atomic E-state index is 12.8. The van der Waals surface area contributed by atoms with Crippen molar-refractivity contribution in [3.05, 3.63) is 90.1 Å². The number of carboxylic acid groups (broad SMARTS) is 1. The fraction of sp³-hybridized carbons (Fsp3) is 0.467. The summed E-state index contributed by atoms with van der Waals surface area (Å²) in [5.41, 5.74) is 3.89. The first-order valence-corrected chi connectivity index (χ1v) is 20.0. The van der Waals surface area contributed by atoms with Crippen LogP contribution in [0.3, 0.4) is 0 Å². The van der Waals surface area contributed by atoms with Crippen LogP contribution in [0, 0.1) is 12.3 Å². The number of ether oxygens (including phenoxy) is 5. The molecule has 1 heterocycles. The molecule has 3 aromatic carbocycles. The van der Waals surface area contributed by atoms with E-state index in [9.17, 15) is 19.5 Å². The first kappa shape index (κ1) is 45.6. The number of nitrogens with one attached hydrogen (secondary N) is 3. The van der Waals surface area contributed by atoms with Gasteiger partial charge in [0.1, 0.15) is 18.2 Å². The van der Waals surface area contributed by atoms with E-state index in [1.165, 1.54) is 0 Å². The first-order chi connectivity index (χ1) is 28.0. The number of aryl methyl sites for hydroxylation is 1. The highest BCUT2D eigenvalue weighted by Crippen LogP contribution is 2.34. The molecule has 1 atom stereocenters. The lowest BCUT2D eigenvalue weighted by molar-refractivity contribution is -0.138. The Balaban J connectivity index is 1.18. The number of amides is 2. The Morgan fingerprint density at radius 2 is 1.40 bits per heavy atom. The van der Waals surface area contributed by atoms with Crippen LogP contribution in [0.5, 0.6) is 5.75 Å². The van der Waals surface area contributed by atoms with Crippen molar-refractivity contribution in [1.82, 2.24) is 15.6 Å². The van der Waals surface area contributed by atoms with Gasteiger partial charge >= 0.3 is 5.97 Å². The highest BCUT2D eigenvalue weighted by molar-refractivity contribution is 5.99. The SMILES string of the molecule is Cc1ccnc(NCCCC(=O)NCC(=O)N[C@@H](CC(=O)O)c2ccc(-c3cccc4c(OCCOCCOCCOCCOCCC(C)(C)C)cccc34)cc2)c1. The van der Waals surface area contributed by atoms with Gasteiger partial charge in [0.05, 0.1) is 65.3 Å². The van der Waals surface area contributed by atoms with Crippen molar-refractivity contribution in [3.63, 3.8) is 0 Å². The van der Waals surface area contributed by atoms with Crippen molar-refractivity contribution in [2.45, 2.75) is 59.4 Å². The van der Waals surface area contributed by atoms with Gasteiger partial charge in [0.15, 0.2) is 0 Å². The predicted octanol–water partition coefficient (Wildman–Crippen LogP) is 6.73. The smallest absolute Gasteiger partial charge is 0.305 e. The average molecular weight is 801 g/mol. The molecule has 2 amide bonds. The Morgan fingerprint density at radius 1 is 0.759 bits per heavy atom. The standard InChI is InChI=1S/C45H60N4O9/c1-33-17-20-47-41(30-33)46-19-7-12-42(50)48-32-43(51)49-39(31-44(52)53)35-15-13-34(14-16-35)36-8-5-10-38-37(36)9-6-11-40(38)58-29-28-57-27-26-56-25-24-55-23-22-54-21-18-45(2,3)4/h5-6,8-11,13-17,20,30,39H,7,12,18-19,21-29,31-32H2,1-4H3,(H,46,47)(H,48,50)(H,49,51)(H,52,53)/t39-/m0/s1. The molecule has 13 heteroatoms. The summed E-state index contributed by atoms with van der Waals surface area (Å²) >= 11 is 0. The fourth-order valence-electron chi connectivity index (χ4n) is 5.94. The van der Waals surface area contributed by atoms with Gasteiger partial charge in [-0.2, -0.15) is 0 Å². The molecule has 0 spiro atoms. The maximum Gasteiger partial charge on any atom is 0.305 e. The number of carbonyl (C=O) groups excluding carboxylic acids is 2. The molecule has 1 aromatic heterocycles. The Kier molecular flexibility index (Phi) is 19.4. The summed E-state index contributed by atoms with van der Waals surface area (Å²) < 4.78 is 28.5. The van der Waals surface area contributed by atoms with Crippen molar-refractivity contribution in [1.29, 1.82) is 0 Å². The molecule has 314 valence electrons. The second-order valence-electron chi connectivity index (χ2n) is 15.1. The molecule has 0 radical (unpaired) electrons. The maximum absolute atomic E-state index is 12.8. The quantitative estimate of drug-likeness (QED) is 0.0473. The molecule has 58 heavy (non-hydrogen) atoms. The minimum atomic E-state index is -1.06. The van der Waals surface area contributed by atoms with E-state index >= 15 is 0 Å². The molecular formula is C45H60N4O9. The summed E-state index contributed by atoms with van der Waals surface area (Å²) in [5.74, 6) is -0.322. The largest absolute Gasteiger partial charge is 0.491 e. The molecule has 0 aliphatic heterocycles. The highest BCUT2D eigenvalue weighted by Gasteiger charge is 2.19. The van der Waals surface area contributed by atoms with E-state index in [2.05, 4.69) is 41.7 Å². The summed E-state index contributed by atoms with van der Waals surface area (Å²) in [6.45, 7) is 13.5. The number of carboxylic acids is 1. The van der Waals surface area contributed by atoms with Crippen LogP contribution in [0.1, 0.15) is 63.6 Å². The van der Waals surface area contributed by atoms with Crippen molar-refractivity contribution in [2.75, 3.05) is 77.9 Å². The number of aromatic nitrogens is 1. The van der Waals surface area contributed by atoms with Gasteiger partial charge in [-0.3, -0.25) is 14.4 Å². The highest BCUT2D eigenvalue weighted by atomic mass is 16.6. The number of rotatable bonds is 27. The van der Waals surface area contributed by atoms with Crippen LogP contribution in [0.25, 0.3) is 21.9 Å². The number of hydrogen-bond acceptors (Lipinski definition) is 10. The number of aliphatic carboxylic acids is 1. The van der Waals surface area contributed by atoms with Gasteiger partial charge in [-0.05, 0) is 71.0 Å². The normalized spacial score (nSPS) is 11.9. The Hall–Kier alpha value is -5.08. The van der Waals surface area contributed by atoms with Crippen molar-refractivity contribution in [3.8, 4) is 16.9 Å².